The first kappa shape index (κ1) is 8.50. The van der Waals surface area contributed by atoms with Crippen molar-refractivity contribution in [1.82, 2.24) is 0 Å². The third-order valence-electron chi connectivity index (χ3n) is 1.21. The van der Waals surface area contributed by atoms with Gasteiger partial charge in [-0.25, -0.2) is 4.79 Å². The number of nitriles is 1. The smallest absolute Gasteiger partial charge is 0.346 e. The zero-order valence-electron chi connectivity index (χ0n) is 6.02. The molecule has 1 aromatic rings. The van der Waals surface area contributed by atoms with Crippen LogP contribution in [-0.2, 0) is 4.79 Å². The predicted molar refractivity (Wildman–Crippen MR) is 45.5 cm³/mol. The summed E-state index contributed by atoms with van der Waals surface area (Å²) >= 11 is 1.46. The molecule has 1 rings (SSSR count). The molecular formula is C8H5NO2S. The van der Waals surface area contributed by atoms with Crippen molar-refractivity contribution < 1.29 is 9.90 Å². The summed E-state index contributed by atoms with van der Waals surface area (Å²) < 4.78 is 0. The second-order valence-corrected chi connectivity index (χ2v) is 2.81. The standard InChI is InChI=1S/C8H5NO2S/c9-4-7(8(10)11)3-6-1-2-12-5-6/h1-3,5H,(H,10,11)/b7-3+. The van der Waals surface area contributed by atoms with E-state index in [1.165, 1.54) is 17.4 Å². The highest BCUT2D eigenvalue weighted by molar-refractivity contribution is 7.08. The molecule has 0 amide bonds. The first-order chi connectivity index (χ1) is 5.74. The normalized spacial score (nSPS) is 10.8. The van der Waals surface area contributed by atoms with Gasteiger partial charge in [0.15, 0.2) is 0 Å². The molecule has 0 atom stereocenters. The van der Waals surface area contributed by atoms with E-state index in [-0.39, 0.29) is 5.57 Å². The number of nitrogens with zero attached hydrogens (tertiary/aromatic N) is 1. The maximum Gasteiger partial charge on any atom is 0.346 e. The highest BCUT2D eigenvalue weighted by Crippen LogP contribution is 2.10. The second-order valence-electron chi connectivity index (χ2n) is 2.03. The number of rotatable bonds is 2. The van der Waals surface area contributed by atoms with E-state index in [1.54, 1.807) is 17.5 Å². The van der Waals surface area contributed by atoms with Gasteiger partial charge >= 0.3 is 5.97 Å². The molecule has 0 fully saturated rings. The second kappa shape index (κ2) is 3.69. The monoisotopic (exact) mass is 179 g/mol. The molecule has 0 saturated heterocycles. The van der Waals surface area contributed by atoms with Gasteiger partial charge in [0, 0.05) is 0 Å². The van der Waals surface area contributed by atoms with E-state index in [1.807, 2.05) is 5.38 Å². The minimum absolute atomic E-state index is 0.242. The van der Waals surface area contributed by atoms with Crippen molar-refractivity contribution in [3.05, 3.63) is 28.0 Å². The van der Waals surface area contributed by atoms with Crippen LogP contribution >= 0.6 is 11.3 Å². The van der Waals surface area contributed by atoms with Crippen molar-refractivity contribution in [2.45, 2.75) is 0 Å². The first-order valence-corrected chi connectivity index (χ1v) is 4.05. The average Bonchev–Trinajstić information content (AvgIpc) is 2.51. The zero-order valence-corrected chi connectivity index (χ0v) is 6.84. The van der Waals surface area contributed by atoms with Crippen molar-refractivity contribution >= 4 is 23.4 Å². The molecule has 60 valence electrons. The maximum atomic E-state index is 10.4. The van der Waals surface area contributed by atoms with Gasteiger partial charge in [0.05, 0.1) is 0 Å². The molecule has 4 heteroatoms. The molecule has 0 bridgehead atoms. The maximum absolute atomic E-state index is 10.4. The Labute approximate surface area is 73.2 Å². The lowest BCUT2D eigenvalue weighted by Crippen LogP contribution is -1.96. The Kier molecular flexibility index (Phi) is 2.62. The number of carboxylic acids is 1. The summed E-state index contributed by atoms with van der Waals surface area (Å²) in [5, 5.41) is 20.5. The van der Waals surface area contributed by atoms with E-state index in [2.05, 4.69) is 0 Å². The van der Waals surface area contributed by atoms with Crippen molar-refractivity contribution in [3.8, 4) is 6.07 Å². The molecular weight excluding hydrogens is 174 g/mol. The molecule has 0 aliphatic heterocycles. The molecule has 1 heterocycles. The van der Waals surface area contributed by atoms with E-state index in [0.29, 0.717) is 0 Å². The summed E-state index contributed by atoms with van der Waals surface area (Å²) in [4.78, 5) is 10.4. The van der Waals surface area contributed by atoms with Crippen LogP contribution in [0.2, 0.25) is 0 Å². The molecule has 1 N–H and O–H groups in total. The fraction of sp³-hybridized carbons (Fsp3) is 0. The van der Waals surface area contributed by atoms with E-state index in [4.69, 9.17) is 10.4 Å². The molecule has 0 aliphatic rings. The largest absolute Gasteiger partial charge is 0.477 e. The van der Waals surface area contributed by atoms with E-state index < -0.39 is 5.97 Å². The van der Waals surface area contributed by atoms with Gasteiger partial charge in [0.25, 0.3) is 0 Å². The highest BCUT2D eigenvalue weighted by Gasteiger charge is 2.04. The number of carbonyl (C=O) groups is 1. The quantitative estimate of drug-likeness (QED) is 0.555. The minimum atomic E-state index is -1.19. The van der Waals surface area contributed by atoms with Gasteiger partial charge in [0.2, 0.25) is 0 Å². The first-order valence-electron chi connectivity index (χ1n) is 3.11. The lowest BCUT2D eigenvalue weighted by atomic mass is 10.2. The molecule has 0 aromatic carbocycles. The molecule has 0 aliphatic carbocycles. The van der Waals surface area contributed by atoms with Crippen LogP contribution in [0.3, 0.4) is 0 Å². The van der Waals surface area contributed by atoms with Crippen LogP contribution in [0.15, 0.2) is 22.4 Å². The highest BCUT2D eigenvalue weighted by atomic mass is 32.1. The van der Waals surface area contributed by atoms with Crippen molar-refractivity contribution in [2.24, 2.45) is 0 Å². The summed E-state index contributed by atoms with van der Waals surface area (Å²) in [5.41, 5.74) is 0.507. The van der Waals surface area contributed by atoms with E-state index in [0.717, 1.165) is 5.56 Å². The number of hydrogen-bond acceptors (Lipinski definition) is 3. The summed E-state index contributed by atoms with van der Waals surface area (Å²) in [6.45, 7) is 0. The van der Waals surface area contributed by atoms with Crippen LogP contribution in [0.5, 0.6) is 0 Å². The Balaban J connectivity index is 2.95. The Bertz CT molecular complexity index is 346. The fourth-order valence-electron chi connectivity index (χ4n) is 0.666. The van der Waals surface area contributed by atoms with Gasteiger partial charge in [-0.15, -0.1) is 0 Å². The number of aliphatic carboxylic acids is 1. The van der Waals surface area contributed by atoms with Crippen molar-refractivity contribution in [3.63, 3.8) is 0 Å². The van der Waals surface area contributed by atoms with Gasteiger partial charge in [-0.2, -0.15) is 16.6 Å². The van der Waals surface area contributed by atoms with Crippen LogP contribution in [0.1, 0.15) is 5.56 Å². The van der Waals surface area contributed by atoms with Crippen LogP contribution in [0.4, 0.5) is 0 Å². The third kappa shape index (κ3) is 1.94. The van der Waals surface area contributed by atoms with Crippen LogP contribution in [0.25, 0.3) is 6.08 Å². The van der Waals surface area contributed by atoms with Gasteiger partial charge in [-0.1, -0.05) is 0 Å². The fourth-order valence-corrected chi connectivity index (χ4v) is 1.28. The molecule has 3 nitrogen and oxygen atoms in total. The average molecular weight is 179 g/mol. The lowest BCUT2D eigenvalue weighted by molar-refractivity contribution is -0.132. The third-order valence-corrected chi connectivity index (χ3v) is 1.91. The van der Waals surface area contributed by atoms with Crippen LogP contribution < -0.4 is 0 Å². The molecule has 12 heavy (non-hydrogen) atoms. The molecule has 0 unspecified atom stereocenters. The van der Waals surface area contributed by atoms with Crippen LogP contribution in [0, 0.1) is 11.3 Å². The number of hydrogen-bond donors (Lipinski definition) is 1. The SMILES string of the molecule is N#C/C(=C\c1ccsc1)C(=O)O. The Morgan fingerprint density at radius 1 is 1.75 bits per heavy atom. The zero-order chi connectivity index (χ0) is 8.97. The summed E-state index contributed by atoms with van der Waals surface area (Å²) in [7, 11) is 0. The van der Waals surface area contributed by atoms with Gasteiger partial charge < -0.3 is 5.11 Å². The Morgan fingerprint density at radius 3 is 2.92 bits per heavy atom. The van der Waals surface area contributed by atoms with Gasteiger partial charge in [-0.05, 0) is 28.5 Å². The summed E-state index contributed by atoms with van der Waals surface area (Å²) in [6.07, 6.45) is 1.35. The summed E-state index contributed by atoms with van der Waals surface area (Å²) in [6, 6.07) is 3.36. The molecule has 1 aromatic heterocycles. The number of carboxylic acid groups (broad SMARTS) is 1. The Hall–Kier alpha value is -1.60. The molecule has 0 saturated carbocycles. The van der Waals surface area contributed by atoms with Crippen molar-refractivity contribution in [1.29, 1.82) is 5.26 Å². The minimum Gasteiger partial charge on any atom is -0.477 e. The lowest BCUT2D eigenvalue weighted by Gasteiger charge is -1.86. The molecule has 0 spiro atoms. The topological polar surface area (TPSA) is 61.1 Å². The summed E-state index contributed by atoms with van der Waals surface area (Å²) in [5.74, 6) is -1.19. The van der Waals surface area contributed by atoms with Crippen LogP contribution in [-0.4, -0.2) is 11.1 Å². The van der Waals surface area contributed by atoms with Gasteiger partial charge in [-0.3, -0.25) is 0 Å². The van der Waals surface area contributed by atoms with E-state index in [9.17, 15) is 4.79 Å². The van der Waals surface area contributed by atoms with Crippen molar-refractivity contribution in [2.75, 3.05) is 0 Å². The number of thiophene rings is 1. The predicted octanol–water partition coefficient (Wildman–Crippen LogP) is 1.74. The van der Waals surface area contributed by atoms with E-state index >= 15 is 0 Å². The Morgan fingerprint density at radius 2 is 2.50 bits per heavy atom. The molecule has 0 radical (unpaired) electrons. The van der Waals surface area contributed by atoms with Gasteiger partial charge in [0.1, 0.15) is 11.6 Å².